The summed E-state index contributed by atoms with van der Waals surface area (Å²) in [5.74, 6) is 0.509. The number of methoxy groups -OCH3 is 1. The molecule has 0 radical (unpaired) electrons. The van der Waals surface area contributed by atoms with E-state index in [4.69, 9.17) is 4.74 Å². The molecule has 2 aromatic rings. The fraction of sp³-hybridized carbons (Fsp3) is 0.250. The minimum Gasteiger partial charge on any atom is -0.490 e. The van der Waals surface area contributed by atoms with Gasteiger partial charge < -0.3 is 10.1 Å². The Morgan fingerprint density at radius 1 is 1.19 bits per heavy atom. The number of benzene rings is 2. The van der Waals surface area contributed by atoms with Crippen molar-refractivity contribution in [2.75, 3.05) is 19.0 Å². The average molecular weight is 286 g/mol. The van der Waals surface area contributed by atoms with Gasteiger partial charge in [0.05, 0.1) is 12.0 Å². The second kappa shape index (κ2) is 6.74. The Kier molecular flexibility index (Phi) is 4.77. The molecule has 21 heavy (non-hydrogen) atoms. The lowest BCUT2D eigenvalue weighted by Crippen LogP contribution is -2.11. The number of hydrogen-bond acceptors (Lipinski definition) is 4. The van der Waals surface area contributed by atoms with E-state index in [-0.39, 0.29) is 17.4 Å². The van der Waals surface area contributed by atoms with Gasteiger partial charge in [0.15, 0.2) is 5.75 Å². The first-order chi connectivity index (χ1) is 10.1. The summed E-state index contributed by atoms with van der Waals surface area (Å²) in [7, 11) is 1.43. The van der Waals surface area contributed by atoms with Crippen molar-refractivity contribution in [1.29, 1.82) is 0 Å². The van der Waals surface area contributed by atoms with Crippen LogP contribution in [0.5, 0.6) is 5.75 Å². The van der Waals surface area contributed by atoms with Crippen molar-refractivity contribution < 1.29 is 9.66 Å². The topological polar surface area (TPSA) is 64.4 Å². The van der Waals surface area contributed by atoms with Gasteiger partial charge in [-0.2, -0.15) is 0 Å². The molecule has 0 amide bonds. The van der Waals surface area contributed by atoms with Crippen LogP contribution >= 0.6 is 0 Å². The Balaban J connectivity index is 2.15. The normalized spacial score (nSPS) is 11.7. The summed E-state index contributed by atoms with van der Waals surface area (Å²) in [5, 5.41) is 14.3. The molecule has 0 heterocycles. The van der Waals surface area contributed by atoms with Crippen LogP contribution in [0.3, 0.4) is 0 Å². The number of nitro benzene ring substituents is 1. The van der Waals surface area contributed by atoms with Crippen molar-refractivity contribution in [3.05, 3.63) is 64.2 Å². The lowest BCUT2D eigenvalue weighted by atomic mass is 10.0. The number of nitrogens with one attached hydrogen (secondary N) is 1. The standard InChI is InChI=1S/C16H18N2O3/c1-12(13-7-4-3-5-8-13)11-17-14-9-6-10-15(21-2)16(14)18(19)20/h3-10,12,17H,11H2,1-2H3. The zero-order chi connectivity index (χ0) is 15.2. The molecular formula is C16H18N2O3. The fourth-order valence-corrected chi connectivity index (χ4v) is 2.18. The summed E-state index contributed by atoms with van der Waals surface area (Å²) in [6.07, 6.45) is 0. The molecule has 5 heteroatoms. The zero-order valence-electron chi connectivity index (χ0n) is 12.1. The van der Waals surface area contributed by atoms with Crippen LogP contribution in [0.4, 0.5) is 11.4 Å². The van der Waals surface area contributed by atoms with Crippen LogP contribution < -0.4 is 10.1 Å². The maximum absolute atomic E-state index is 11.2. The van der Waals surface area contributed by atoms with E-state index in [9.17, 15) is 10.1 Å². The number of hydrogen-bond donors (Lipinski definition) is 1. The van der Waals surface area contributed by atoms with E-state index in [1.807, 2.05) is 30.3 Å². The number of ether oxygens (including phenoxy) is 1. The average Bonchev–Trinajstić information content (AvgIpc) is 2.52. The molecule has 5 nitrogen and oxygen atoms in total. The third-order valence-corrected chi connectivity index (χ3v) is 3.37. The van der Waals surface area contributed by atoms with E-state index in [0.717, 1.165) is 0 Å². The Bertz CT molecular complexity index is 614. The highest BCUT2D eigenvalue weighted by Gasteiger charge is 2.20. The van der Waals surface area contributed by atoms with Crippen LogP contribution in [0, 0.1) is 10.1 Å². The Labute approximate surface area is 123 Å². The number of nitrogens with zero attached hydrogens (tertiary/aromatic N) is 1. The van der Waals surface area contributed by atoms with Gasteiger partial charge >= 0.3 is 5.69 Å². The first-order valence-corrected chi connectivity index (χ1v) is 6.73. The maximum Gasteiger partial charge on any atom is 0.333 e. The molecule has 0 aromatic heterocycles. The third-order valence-electron chi connectivity index (χ3n) is 3.37. The van der Waals surface area contributed by atoms with Crippen LogP contribution in [0.1, 0.15) is 18.4 Å². The molecule has 0 aliphatic carbocycles. The summed E-state index contributed by atoms with van der Waals surface area (Å²) in [5.41, 5.74) is 1.64. The quantitative estimate of drug-likeness (QED) is 0.647. The predicted molar refractivity (Wildman–Crippen MR) is 83.0 cm³/mol. The molecule has 0 aliphatic heterocycles. The van der Waals surface area contributed by atoms with Crippen molar-refractivity contribution in [2.24, 2.45) is 0 Å². The smallest absolute Gasteiger partial charge is 0.333 e. The fourth-order valence-electron chi connectivity index (χ4n) is 2.18. The highest BCUT2D eigenvalue weighted by atomic mass is 16.6. The highest BCUT2D eigenvalue weighted by Crippen LogP contribution is 2.34. The monoisotopic (exact) mass is 286 g/mol. The second-order valence-electron chi connectivity index (χ2n) is 4.81. The van der Waals surface area contributed by atoms with Gasteiger partial charge in [-0.3, -0.25) is 10.1 Å². The minimum absolute atomic E-state index is 0.0275. The zero-order valence-corrected chi connectivity index (χ0v) is 12.1. The summed E-state index contributed by atoms with van der Waals surface area (Å²) in [6.45, 7) is 2.69. The molecular weight excluding hydrogens is 268 g/mol. The van der Waals surface area contributed by atoms with Crippen LogP contribution in [-0.2, 0) is 0 Å². The lowest BCUT2D eigenvalue weighted by Gasteiger charge is -2.14. The molecule has 110 valence electrons. The Morgan fingerprint density at radius 3 is 2.52 bits per heavy atom. The second-order valence-corrected chi connectivity index (χ2v) is 4.81. The van der Waals surface area contributed by atoms with Crippen LogP contribution in [0.2, 0.25) is 0 Å². The molecule has 0 saturated carbocycles. The molecule has 1 atom stereocenters. The van der Waals surface area contributed by atoms with Gasteiger partial charge in [0.25, 0.3) is 0 Å². The molecule has 1 unspecified atom stereocenters. The predicted octanol–water partition coefficient (Wildman–Crippen LogP) is 3.82. The van der Waals surface area contributed by atoms with Gasteiger partial charge in [0.1, 0.15) is 5.69 Å². The summed E-state index contributed by atoms with van der Waals surface area (Å²) < 4.78 is 5.06. The Hall–Kier alpha value is -2.56. The molecule has 0 bridgehead atoms. The summed E-state index contributed by atoms with van der Waals surface area (Å²) >= 11 is 0. The van der Waals surface area contributed by atoms with Crippen LogP contribution in [0.15, 0.2) is 48.5 Å². The van der Waals surface area contributed by atoms with Gasteiger partial charge in [-0.25, -0.2) is 0 Å². The van der Waals surface area contributed by atoms with E-state index in [2.05, 4.69) is 12.2 Å². The van der Waals surface area contributed by atoms with Crippen molar-refractivity contribution in [2.45, 2.75) is 12.8 Å². The Morgan fingerprint density at radius 2 is 1.90 bits per heavy atom. The number of rotatable bonds is 6. The van der Waals surface area contributed by atoms with Gasteiger partial charge in [-0.15, -0.1) is 0 Å². The van der Waals surface area contributed by atoms with Crippen LogP contribution in [-0.4, -0.2) is 18.6 Å². The van der Waals surface area contributed by atoms with E-state index in [1.54, 1.807) is 18.2 Å². The first-order valence-electron chi connectivity index (χ1n) is 6.73. The molecule has 0 fully saturated rings. The van der Waals surface area contributed by atoms with Crippen molar-refractivity contribution >= 4 is 11.4 Å². The highest BCUT2D eigenvalue weighted by molar-refractivity contribution is 5.68. The van der Waals surface area contributed by atoms with Gasteiger partial charge in [0.2, 0.25) is 0 Å². The molecule has 2 aromatic carbocycles. The van der Waals surface area contributed by atoms with Crippen molar-refractivity contribution in [3.63, 3.8) is 0 Å². The minimum atomic E-state index is -0.422. The summed E-state index contributed by atoms with van der Waals surface area (Å²) in [6, 6.07) is 15.1. The maximum atomic E-state index is 11.2. The number of nitro groups is 1. The van der Waals surface area contributed by atoms with Crippen molar-refractivity contribution in [3.8, 4) is 5.75 Å². The molecule has 0 saturated heterocycles. The SMILES string of the molecule is COc1cccc(NCC(C)c2ccccc2)c1[N+](=O)[O-]. The number of para-hydroxylation sites is 1. The molecule has 1 N–H and O–H groups in total. The van der Waals surface area contributed by atoms with Crippen molar-refractivity contribution in [1.82, 2.24) is 0 Å². The lowest BCUT2D eigenvalue weighted by molar-refractivity contribution is -0.384. The van der Waals surface area contributed by atoms with E-state index >= 15 is 0 Å². The molecule has 0 aliphatic rings. The van der Waals surface area contributed by atoms with E-state index in [0.29, 0.717) is 12.2 Å². The van der Waals surface area contributed by atoms with E-state index < -0.39 is 4.92 Å². The first kappa shape index (κ1) is 14.8. The van der Waals surface area contributed by atoms with Gasteiger partial charge in [-0.05, 0) is 23.6 Å². The molecule has 0 spiro atoms. The molecule has 2 rings (SSSR count). The summed E-state index contributed by atoms with van der Waals surface area (Å²) in [4.78, 5) is 10.8. The largest absolute Gasteiger partial charge is 0.490 e. The van der Waals surface area contributed by atoms with Gasteiger partial charge in [0, 0.05) is 6.54 Å². The third kappa shape index (κ3) is 3.51. The van der Waals surface area contributed by atoms with Gasteiger partial charge in [-0.1, -0.05) is 43.3 Å². The van der Waals surface area contributed by atoms with E-state index in [1.165, 1.54) is 12.7 Å². The van der Waals surface area contributed by atoms with Crippen LogP contribution in [0.25, 0.3) is 0 Å². The number of anilines is 1.